The highest BCUT2D eigenvalue weighted by atomic mass is 35.5. The third kappa shape index (κ3) is 3.09. The molecule has 0 aliphatic rings. The van der Waals surface area contributed by atoms with Crippen molar-refractivity contribution in [1.29, 1.82) is 5.26 Å². The SMILES string of the molecule is N#Cc1ccc(NC(=O)c2ccc(Cl)cc2F)cc1. The van der Waals surface area contributed by atoms with Crippen LogP contribution in [0.2, 0.25) is 5.02 Å². The molecular weight excluding hydrogens is 267 g/mol. The summed E-state index contributed by atoms with van der Waals surface area (Å²) in [6, 6.07) is 12.1. The van der Waals surface area contributed by atoms with Gasteiger partial charge in [0, 0.05) is 10.7 Å². The number of nitriles is 1. The first-order valence-corrected chi connectivity index (χ1v) is 5.74. The maximum Gasteiger partial charge on any atom is 0.258 e. The Morgan fingerprint density at radius 1 is 1.21 bits per heavy atom. The third-order valence-electron chi connectivity index (χ3n) is 2.45. The number of carbonyl (C=O) groups excluding carboxylic acids is 1. The zero-order valence-electron chi connectivity index (χ0n) is 9.65. The fraction of sp³-hybridized carbons (Fsp3) is 0. The number of nitrogens with one attached hydrogen (secondary N) is 1. The van der Waals surface area contributed by atoms with Crippen LogP contribution in [0.5, 0.6) is 0 Å². The molecule has 0 radical (unpaired) electrons. The number of hydrogen-bond acceptors (Lipinski definition) is 2. The first-order valence-electron chi connectivity index (χ1n) is 5.37. The van der Waals surface area contributed by atoms with E-state index in [1.807, 2.05) is 6.07 Å². The van der Waals surface area contributed by atoms with Gasteiger partial charge in [0.15, 0.2) is 0 Å². The van der Waals surface area contributed by atoms with Crippen molar-refractivity contribution in [2.45, 2.75) is 0 Å². The van der Waals surface area contributed by atoms with Gasteiger partial charge in [-0.15, -0.1) is 0 Å². The Kier molecular flexibility index (Phi) is 3.79. The number of rotatable bonds is 2. The molecule has 2 aromatic carbocycles. The number of carbonyl (C=O) groups is 1. The summed E-state index contributed by atoms with van der Waals surface area (Å²) in [5.74, 6) is -1.25. The van der Waals surface area contributed by atoms with Crippen LogP contribution in [0.1, 0.15) is 15.9 Å². The number of halogens is 2. The van der Waals surface area contributed by atoms with Gasteiger partial charge >= 0.3 is 0 Å². The van der Waals surface area contributed by atoms with Crippen LogP contribution < -0.4 is 5.32 Å². The minimum atomic E-state index is -0.682. The number of anilines is 1. The van der Waals surface area contributed by atoms with Gasteiger partial charge in [-0.3, -0.25) is 4.79 Å². The van der Waals surface area contributed by atoms with E-state index in [2.05, 4.69) is 5.32 Å². The van der Waals surface area contributed by atoms with Crippen molar-refractivity contribution in [3.05, 3.63) is 64.4 Å². The molecule has 2 aromatic rings. The van der Waals surface area contributed by atoms with E-state index < -0.39 is 11.7 Å². The summed E-state index contributed by atoms with van der Waals surface area (Å²) in [6.07, 6.45) is 0. The summed E-state index contributed by atoms with van der Waals surface area (Å²) in [5, 5.41) is 11.4. The first-order chi connectivity index (χ1) is 9.10. The Balaban J connectivity index is 2.18. The van der Waals surface area contributed by atoms with Crippen LogP contribution in [-0.4, -0.2) is 5.91 Å². The molecule has 0 atom stereocenters. The van der Waals surface area contributed by atoms with Crippen molar-refractivity contribution in [2.24, 2.45) is 0 Å². The van der Waals surface area contributed by atoms with E-state index in [9.17, 15) is 9.18 Å². The van der Waals surface area contributed by atoms with E-state index in [1.54, 1.807) is 24.3 Å². The van der Waals surface area contributed by atoms with Crippen molar-refractivity contribution in [3.63, 3.8) is 0 Å². The summed E-state index contributed by atoms with van der Waals surface area (Å²) >= 11 is 5.61. The average molecular weight is 275 g/mol. The molecule has 1 N–H and O–H groups in total. The Morgan fingerprint density at radius 3 is 2.47 bits per heavy atom. The van der Waals surface area contributed by atoms with E-state index in [0.29, 0.717) is 11.3 Å². The molecule has 3 nitrogen and oxygen atoms in total. The van der Waals surface area contributed by atoms with E-state index in [4.69, 9.17) is 16.9 Å². The first kappa shape index (κ1) is 13.1. The van der Waals surface area contributed by atoms with Crippen molar-refractivity contribution in [3.8, 4) is 6.07 Å². The zero-order valence-corrected chi connectivity index (χ0v) is 10.4. The van der Waals surface area contributed by atoms with Crippen LogP contribution in [0.4, 0.5) is 10.1 Å². The van der Waals surface area contributed by atoms with E-state index in [0.717, 1.165) is 6.07 Å². The molecule has 0 heterocycles. The Labute approximate surface area is 114 Å². The predicted octanol–water partition coefficient (Wildman–Crippen LogP) is 3.60. The largest absolute Gasteiger partial charge is 0.322 e. The molecule has 94 valence electrons. The lowest BCUT2D eigenvalue weighted by Gasteiger charge is -2.06. The maximum atomic E-state index is 13.5. The van der Waals surface area contributed by atoms with Gasteiger partial charge in [0.1, 0.15) is 5.82 Å². The molecule has 0 aromatic heterocycles. The smallest absolute Gasteiger partial charge is 0.258 e. The lowest BCUT2D eigenvalue weighted by molar-refractivity contribution is 0.102. The van der Waals surface area contributed by atoms with Crippen molar-refractivity contribution in [1.82, 2.24) is 0 Å². The highest BCUT2D eigenvalue weighted by Gasteiger charge is 2.12. The molecule has 0 bridgehead atoms. The van der Waals surface area contributed by atoms with Crippen LogP contribution in [0.25, 0.3) is 0 Å². The monoisotopic (exact) mass is 274 g/mol. The molecule has 0 saturated carbocycles. The number of amides is 1. The molecule has 0 spiro atoms. The quantitative estimate of drug-likeness (QED) is 0.909. The Morgan fingerprint density at radius 2 is 1.89 bits per heavy atom. The number of nitrogens with zero attached hydrogens (tertiary/aromatic N) is 1. The standard InChI is InChI=1S/C14H8ClFN2O/c15-10-3-6-12(13(16)7-10)14(19)18-11-4-1-9(8-17)2-5-11/h1-7H,(H,18,19). The molecule has 19 heavy (non-hydrogen) atoms. The Bertz CT molecular complexity index is 662. The van der Waals surface area contributed by atoms with Gasteiger partial charge in [-0.2, -0.15) is 5.26 Å². The fourth-order valence-corrected chi connectivity index (χ4v) is 1.66. The molecule has 2 rings (SSSR count). The molecule has 0 aliphatic carbocycles. The summed E-state index contributed by atoms with van der Waals surface area (Å²) in [6.45, 7) is 0. The Hall–Kier alpha value is -2.38. The molecule has 0 fully saturated rings. The van der Waals surface area contributed by atoms with Crippen molar-refractivity contribution >= 4 is 23.2 Å². The van der Waals surface area contributed by atoms with E-state index in [-0.39, 0.29) is 10.6 Å². The summed E-state index contributed by atoms with van der Waals surface area (Å²) in [4.78, 5) is 11.8. The second-order valence-electron chi connectivity index (χ2n) is 3.77. The summed E-state index contributed by atoms with van der Waals surface area (Å²) < 4.78 is 13.5. The summed E-state index contributed by atoms with van der Waals surface area (Å²) in [7, 11) is 0. The third-order valence-corrected chi connectivity index (χ3v) is 2.68. The van der Waals surface area contributed by atoms with Crippen LogP contribution in [-0.2, 0) is 0 Å². The zero-order chi connectivity index (χ0) is 13.8. The normalized spacial score (nSPS) is 9.74. The topological polar surface area (TPSA) is 52.9 Å². The molecular formula is C14H8ClFN2O. The van der Waals surface area contributed by atoms with Gasteiger partial charge in [0.25, 0.3) is 5.91 Å². The predicted molar refractivity (Wildman–Crippen MR) is 70.5 cm³/mol. The van der Waals surface area contributed by atoms with Crippen LogP contribution in [0.15, 0.2) is 42.5 Å². The number of benzene rings is 2. The van der Waals surface area contributed by atoms with Crippen molar-refractivity contribution < 1.29 is 9.18 Å². The van der Waals surface area contributed by atoms with Crippen LogP contribution >= 0.6 is 11.6 Å². The lowest BCUT2D eigenvalue weighted by Crippen LogP contribution is -2.13. The average Bonchev–Trinajstić information content (AvgIpc) is 2.39. The second kappa shape index (κ2) is 5.51. The molecule has 0 aliphatic heterocycles. The number of hydrogen-bond donors (Lipinski definition) is 1. The second-order valence-corrected chi connectivity index (χ2v) is 4.20. The molecule has 0 saturated heterocycles. The van der Waals surface area contributed by atoms with Gasteiger partial charge in [-0.1, -0.05) is 11.6 Å². The van der Waals surface area contributed by atoms with Gasteiger partial charge < -0.3 is 5.32 Å². The maximum absolute atomic E-state index is 13.5. The van der Waals surface area contributed by atoms with E-state index in [1.165, 1.54) is 12.1 Å². The van der Waals surface area contributed by atoms with Gasteiger partial charge in [-0.05, 0) is 42.5 Å². The molecule has 1 amide bonds. The fourth-order valence-electron chi connectivity index (χ4n) is 1.50. The van der Waals surface area contributed by atoms with Gasteiger partial charge in [-0.25, -0.2) is 4.39 Å². The summed E-state index contributed by atoms with van der Waals surface area (Å²) in [5.41, 5.74) is 0.878. The highest BCUT2D eigenvalue weighted by molar-refractivity contribution is 6.30. The van der Waals surface area contributed by atoms with Gasteiger partial charge in [0.05, 0.1) is 17.2 Å². The molecule has 0 unspecified atom stereocenters. The van der Waals surface area contributed by atoms with Crippen molar-refractivity contribution in [2.75, 3.05) is 5.32 Å². The minimum absolute atomic E-state index is 0.0891. The van der Waals surface area contributed by atoms with Crippen LogP contribution in [0.3, 0.4) is 0 Å². The minimum Gasteiger partial charge on any atom is -0.322 e. The molecule has 5 heteroatoms. The highest BCUT2D eigenvalue weighted by Crippen LogP contribution is 2.16. The lowest BCUT2D eigenvalue weighted by atomic mass is 10.2. The van der Waals surface area contributed by atoms with Gasteiger partial charge in [0.2, 0.25) is 0 Å². The van der Waals surface area contributed by atoms with Crippen LogP contribution in [0, 0.1) is 17.1 Å². The van der Waals surface area contributed by atoms with E-state index >= 15 is 0 Å².